The molecule has 1 aromatic heterocycles. The van der Waals surface area contributed by atoms with Gasteiger partial charge in [-0.25, -0.2) is 14.8 Å². The van der Waals surface area contributed by atoms with E-state index in [1.807, 2.05) is 42.2 Å². The molecule has 1 fully saturated rings. The lowest BCUT2D eigenvalue weighted by atomic mass is 9.97. The maximum Gasteiger partial charge on any atom is 0.416 e. The van der Waals surface area contributed by atoms with E-state index in [-0.39, 0.29) is 35.8 Å². The molecule has 0 spiro atoms. The largest absolute Gasteiger partial charge is 0.447 e. The second kappa shape index (κ2) is 12.8. The van der Waals surface area contributed by atoms with Crippen molar-refractivity contribution in [2.75, 3.05) is 4.90 Å². The van der Waals surface area contributed by atoms with E-state index in [0.29, 0.717) is 35.2 Å². The smallest absolute Gasteiger partial charge is 0.416 e. The predicted octanol–water partition coefficient (Wildman–Crippen LogP) is 7.93. The quantitative estimate of drug-likeness (QED) is 0.251. The maximum absolute atomic E-state index is 13.6. The molecule has 3 aromatic rings. The van der Waals surface area contributed by atoms with E-state index in [4.69, 9.17) is 16.3 Å². The highest BCUT2D eigenvalue weighted by Crippen LogP contribution is 2.37. The summed E-state index contributed by atoms with van der Waals surface area (Å²) < 4.78 is 47.2. The first kappa shape index (κ1) is 30.1. The average Bonchev–Trinajstić information content (AvgIpc) is 3.25. The number of anilines is 1. The highest BCUT2D eigenvalue weighted by Gasteiger charge is 2.47. The van der Waals surface area contributed by atoms with Crippen LogP contribution >= 0.6 is 27.5 Å². The molecule has 0 N–H and O–H groups in total. The van der Waals surface area contributed by atoms with Crippen molar-refractivity contribution in [2.24, 2.45) is 0 Å². The van der Waals surface area contributed by atoms with Crippen molar-refractivity contribution < 1.29 is 22.7 Å². The van der Waals surface area contributed by atoms with Gasteiger partial charge in [-0.2, -0.15) is 13.2 Å². The van der Waals surface area contributed by atoms with Gasteiger partial charge in [-0.1, -0.05) is 48.9 Å². The fraction of sp³-hybridized carbons (Fsp3) is 0.414. The molecule has 0 aliphatic carbocycles. The van der Waals surface area contributed by atoms with E-state index in [9.17, 15) is 18.0 Å². The van der Waals surface area contributed by atoms with Crippen molar-refractivity contribution in [1.29, 1.82) is 0 Å². The Morgan fingerprint density at radius 2 is 1.82 bits per heavy atom. The molecule has 3 atom stereocenters. The number of alkyl halides is 3. The van der Waals surface area contributed by atoms with Gasteiger partial charge in [0.05, 0.1) is 28.2 Å². The fourth-order valence-electron chi connectivity index (χ4n) is 5.23. The molecule has 0 radical (unpaired) electrons. The first-order valence-corrected chi connectivity index (χ1v) is 14.3. The van der Waals surface area contributed by atoms with Crippen LogP contribution < -0.4 is 4.90 Å². The summed E-state index contributed by atoms with van der Waals surface area (Å²) in [4.78, 5) is 26.1. The molecule has 2 heterocycles. The Hall–Kier alpha value is -2.85. The Morgan fingerprint density at radius 1 is 1.15 bits per heavy atom. The molecule has 1 saturated heterocycles. The SMILES string of the molecule is CC[C@@H]1C[C@H](N(Cc2cc(Cl)cc(C(F)(F)F)c2)c2ncc(Br)cn2)[C@H](Cc2ccccc2)N1C(=O)OC(C)C. The predicted molar refractivity (Wildman–Crippen MR) is 152 cm³/mol. The zero-order chi connectivity index (χ0) is 29.0. The number of hydrogen-bond acceptors (Lipinski definition) is 5. The highest BCUT2D eigenvalue weighted by molar-refractivity contribution is 9.10. The summed E-state index contributed by atoms with van der Waals surface area (Å²) >= 11 is 9.49. The van der Waals surface area contributed by atoms with Crippen LogP contribution in [0.25, 0.3) is 0 Å². The molecular weight excluding hydrogens is 609 g/mol. The number of ether oxygens (including phenoxy) is 1. The van der Waals surface area contributed by atoms with E-state index in [1.54, 1.807) is 31.1 Å². The topological polar surface area (TPSA) is 58.6 Å². The van der Waals surface area contributed by atoms with Crippen molar-refractivity contribution in [3.05, 3.63) is 87.1 Å². The van der Waals surface area contributed by atoms with Crippen molar-refractivity contribution in [2.45, 2.75) is 77.0 Å². The second-order valence-electron chi connectivity index (χ2n) is 10.1. The minimum Gasteiger partial charge on any atom is -0.447 e. The standard InChI is InChI=1S/C29H31BrClF3N4O2/c1-4-24-14-25(26(12-19-8-6-5-7-9-19)38(24)28(39)40-18(2)3)37(27-35-15-22(30)16-36-27)17-20-10-21(29(32,33)34)13-23(31)11-20/h5-11,13,15-16,18,24-26H,4,12,14,17H2,1-3H3/t24-,25+,26+/m1/s1. The van der Waals surface area contributed by atoms with Crippen LogP contribution in [0.4, 0.5) is 23.9 Å². The summed E-state index contributed by atoms with van der Waals surface area (Å²) in [7, 11) is 0. The monoisotopic (exact) mass is 638 g/mol. The van der Waals surface area contributed by atoms with E-state index in [0.717, 1.165) is 17.7 Å². The number of aromatic nitrogens is 2. The van der Waals surface area contributed by atoms with Gasteiger partial charge in [0.2, 0.25) is 5.95 Å². The number of amides is 1. The van der Waals surface area contributed by atoms with Crippen molar-refractivity contribution >= 4 is 39.6 Å². The lowest BCUT2D eigenvalue weighted by Gasteiger charge is -2.36. The Bertz CT molecular complexity index is 1290. The molecule has 6 nitrogen and oxygen atoms in total. The van der Waals surface area contributed by atoms with Gasteiger partial charge in [0, 0.05) is 30.0 Å². The molecule has 0 bridgehead atoms. The normalized spacial score (nSPS) is 19.2. The lowest BCUT2D eigenvalue weighted by molar-refractivity contribution is -0.137. The number of rotatable bonds is 8. The van der Waals surface area contributed by atoms with E-state index < -0.39 is 17.8 Å². The highest BCUT2D eigenvalue weighted by atomic mass is 79.9. The van der Waals surface area contributed by atoms with Crippen LogP contribution in [0.1, 0.15) is 50.3 Å². The Balaban J connectivity index is 1.81. The van der Waals surface area contributed by atoms with Crippen molar-refractivity contribution in [3.8, 4) is 0 Å². The van der Waals surface area contributed by atoms with Crippen LogP contribution in [0.2, 0.25) is 5.02 Å². The van der Waals surface area contributed by atoms with E-state index in [1.165, 1.54) is 6.07 Å². The zero-order valence-electron chi connectivity index (χ0n) is 22.4. The van der Waals surface area contributed by atoms with E-state index >= 15 is 0 Å². The van der Waals surface area contributed by atoms with Gasteiger partial charge >= 0.3 is 12.3 Å². The summed E-state index contributed by atoms with van der Waals surface area (Å²) in [6.07, 6.45) is -0.316. The summed E-state index contributed by atoms with van der Waals surface area (Å²) in [6.45, 7) is 5.68. The molecule has 1 aliphatic heterocycles. The summed E-state index contributed by atoms with van der Waals surface area (Å²) in [5.41, 5.74) is 0.559. The molecule has 1 aliphatic rings. The van der Waals surface area contributed by atoms with Crippen molar-refractivity contribution in [1.82, 2.24) is 14.9 Å². The average molecular weight is 640 g/mol. The molecule has 0 unspecified atom stereocenters. The zero-order valence-corrected chi connectivity index (χ0v) is 24.7. The van der Waals surface area contributed by atoms with Gasteiger partial charge in [0.25, 0.3) is 0 Å². The number of carbonyl (C=O) groups excluding carboxylic acids is 1. The molecule has 0 saturated carbocycles. The Labute approximate surface area is 245 Å². The van der Waals surface area contributed by atoms with Crippen LogP contribution in [-0.2, 0) is 23.9 Å². The third-order valence-electron chi connectivity index (χ3n) is 6.92. The summed E-state index contributed by atoms with van der Waals surface area (Å²) in [5, 5.41) is -0.0117. The molecule has 214 valence electrons. The number of benzene rings is 2. The fourth-order valence-corrected chi connectivity index (χ4v) is 5.70. The third kappa shape index (κ3) is 7.26. The number of halogens is 5. The van der Waals surface area contributed by atoms with Crippen LogP contribution in [-0.4, -0.2) is 45.2 Å². The number of carbonyl (C=O) groups is 1. The first-order chi connectivity index (χ1) is 19.0. The minimum atomic E-state index is -4.55. The van der Waals surface area contributed by atoms with Crippen LogP contribution in [0.3, 0.4) is 0 Å². The van der Waals surface area contributed by atoms with Gasteiger partial charge in [0.1, 0.15) is 0 Å². The van der Waals surface area contributed by atoms with Crippen LogP contribution in [0.15, 0.2) is 65.4 Å². The number of hydrogen-bond donors (Lipinski definition) is 0. The Morgan fingerprint density at radius 3 is 2.42 bits per heavy atom. The second-order valence-corrected chi connectivity index (χ2v) is 11.5. The van der Waals surface area contributed by atoms with Gasteiger partial charge in [-0.15, -0.1) is 0 Å². The first-order valence-electron chi connectivity index (χ1n) is 13.1. The van der Waals surface area contributed by atoms with Gasteiger partial charge < -0.3 is 9.64 Å². The minimum absolute atomic E-state index is 0.0117. The van der Waals surface area contributed by atoms with Gasteiger partial charge in [0.15, 0.2) is 0 Å². The Kier molecular flexibility index (Phi) is 9.61. The van der Waals surface area contributed by atoms with Crippen molar-refractivity contribution in [3.63, 3.8) is 0 Å². The molecule has 1 amide bonds. The van der Waals surface area contributed by atoms with Crippen LogP contribution in [0.5, 0.6) is 0 Å². The maximum atomic E-state index is 13.6. The molecule has 11 heteroatoms. The lowest BCUT2D eigenvalue weighted by Crippen LogP contribution is -2.50. The summed E-state index contributed by atoms with van der Waals surface area (Å²) in [5.74, 6) is 0.341. The number of likely N-dealkylation sites (tertiary alicyclic amines) is 1. The van der Waals surface area contributed by atoms with Crippen LogP contribution in [0, 0.1) is 0 Å². The van der Waals surface area contributed by atoms with Gasteiger partial charge in [-0.3, -0.25) is 4.90 Å². The third-order valence-corrected chi connectivity index (χ3v) is 7.54. The summed E-state index contributed by atoms with van der Waals surface area (Å²) in [6, 6.07) is 12.5. The van der Waals surface area contributed by atoms with E-state index in [2.05, 4.69) is 25.9 Å². The molecule has 4 rings (SSSR count). The molecule has 2 aromatic carbocycles. The molecular formula is C29H31BrClF3N4O2. The number of nitrogens with zero attached hydrogens (tertiary/aromatic N) is 4. The molecule has 40 heavy (non-hydrogen) atoms. The van der Waals surface area contributed by atoms with Gasteiger partial charge in [-0.05, 0) is 78.4 Å².